The molecule has 1 aliphatic heterocycles. The zero-order chi connectivity index (χ0) is 14.9. The van der Waals surface area contributed by atoms with Crippen LogP contribution in [0.2, 0.25) is 0 Å². The lowest BCUT2D eigenvalue weighted by molar-refractivity contribution is -0.623. The maximum absolute atomic E-state index is 11.7. The highest BCUT2D eigenvalue weighted by Crippen LogP contribution is 2.41. The summed E-state index contributed by atoms with van der Waals surface area (Å²) < 4.78 is 5.74. The van der Waals surface area contributed by atoms with Crippen LogP contribution in [-0.4, -0.2) is 11.2 Å². The molecule has 0 fully saturated rings. The number of thioether (sulfide) groups is 1. The van der Waals surface area contributed by atoms with Gasteiger partial charge in [0.25, 0.3) is 0 Å². The maximum atomic E-state index is 11.7. The SMILES string of the molecule is CSCc1ccc(C2([N+](=O)[O-])Cc3ccccc3O2)cc1. The minimum Gasteiger partial charge on any atom is -0.424 e. The van der Waals surface area contributed by atoms with Crippen molar-refractivity contribution in [3.63, 3.8) is 0 Å². The van der Waals surface area contributed by atoms with Crippen molar-refractivity contribution in [1.29, 1.82) is 0 Å². The second-order valence-electron chi connectivity index (χ2n) is 5.06. The zero-order valence-electron chi connectivity index (χ0n) is 11.6. The van der Waals surface area contributed by atoms with Gasteiger partial charge in [-0.2, -0.15) is 11.8 Å². The van der Waals surface area contributed by atoms with Crippen LogP contribution >= 0.6 is 11.8 Å². The summed E-state index contributed by atoms with van der Waals surface area (Å²) >= 11 is 1.72. The Labute approximate surface area is 127 Å². The van der Waals surface area contributed by atoms with Crippen LogP contribution in [0, 0.1) is 10.1 Å². The lowest BCUT2D eigenvalue weighted by Gasteiger charge is -2.20. The van der Waals surface area contributed by atoms with E-state index >= 15 is 0 Å². The third-order valence-electron chi connectivity index (χ3n) is 3.69. The first-order chi connectivity index (χ1) is 10.2. The van der Waals surface area contributed by atoms with Crippen molar-refractivity contribution in [2.75, 3.05) is 6.26 Å². The monoisotopic (exact) mass is 301 g/mol. The minimum absolute atomic E-state index is 0.262. The number of nitro groups is 1. The van der Waals surface area contributed by atoms with Crippen molar-refractivity contribution in [2.45, 2.75) is 17.9 Å². The van der Waals surface area contributed by atoms with Gasteiger partial charge in [-0.15, -0.1) is 0 Å². The summed E-state index contributed by atoms with van der Waals surface area (Å²) in [6.07, 6.45) is 2.29. The normalized spacial score (nSPS) is 19.9. The van der Waals surface area contributed by atoms with Crippen LogP contribution in [0.5, 0.6) is 5.75 Å². The molecule has 0 bridgehead atoms. The van der Waals surface area contributed by atoms with Crippen molar-refractivity contribution < 1.29 is 9.66 Å². The Balaban J connectivity index is 1.98. The summed E-state index contributed by atoms with van der Waals surface area (Å²) in [5.74, 6) is 1.50. The van der Waals surface area contributed by atoms with E-state index in [-0.39, 0.29) is 11.3 Å². The third kappa shape index (κ3) is 2.38. The van der Waals surface area contributed by atoms with E-state index in [0.717, 1.165) is 16.9 Å². The molecule has 1 aliphatic rings. The summed E-state index contributed by atoms with van der Waals surface area (Å²) in [6, 6.07) is 14.8. The summed E-state index contributed by atoms with van der Waals surface area (Å²) in [5.41, 5.74) is 1.12. The summed E-state index contributed by atoms with van der Waals surface area (Å²) in [4.78, 5) is 11.4. The Morgan fingerprint density at radius 2 is 1.95 bits per heavy atom. The molecule has 1 unspecified atom stereocenters. The molecule has 0 saturated heterocycles. The first-order valence-corrected chi connectivity index (χ1v) is 8.05. The van der Waals surface area contributed by atoms with E-state index in [2.05, 4.69) is 0 Å². The first kappa shape index (κ1) is 13.9. The number of fused-ring (bicyclic) bond motifs is 1. The van der Waals surface area contributed by atoms with E-state index in [1.807, 2.05) is 36.6 Å². The van der Waals surface area contributed by atoms with E-state index in [0.29, 0.717) is 11.3 Å². The Hall–Kier alpha value is -2.01. The van der Waals surface area contributed by atoms with Gasteiger partial charge < -0.3 is 4.74 Å². The zero-order valence-corrected chi connectivity index (χ0v) is 12.4. The lowest BCUT2D eigenvalue weighted by atomic mass is 9.97. The van der Waals surface area contributed by atoms with E-state index in [1.165, 1.54) is 0 Å². The summed E-state index contributed by atoms with van der Waals surface area (Å²) in [6.45, 7) is 0. The fourth-order valence-electron chi connectivity index (χ4n) is 2.62. The average molecular weight is 301 g/mol. The van der Waals surface area contributed by atoms with Gasteiger partial charge in [-0.3, -0.25) is 10.1 Å². The Morgan fingerprint density at radius 3 is 2.57 bits per heavy atom. The molecule has 108 valence electrons. The van der Waals surface area contributed by atoms with Crippen molar-refractivity contribution in [3.05, 3.63) is 75.3 Å². The van der Waals surface area contributed by atoms with Crippen LogP contribution in [0.3, 0.4) is 0 Å². The van der Waals surface area contributed by atoms with Crippen molar-refractivity contribution in [2.24, 2.45) is 0 Å². The minimum atomic E-state index is -1.50. The highest BCUT2D eigenvalue weighted by molar-refractivity contribution is 7.97. The highest BCUT2D eigenvalue weighted by Gasteiger charge is 2.52. The maximum Gasteiger partial charge on any atom is 0.394 e. The quantitative estimate of drug-likeness (QED) is 0.639. The number of hydrogen-bond acceptors (Lipinski definition) is 4. The van der Waals surface area contributed by atoms with Gasteiger partial charge in [0.1, 0.15) is 5.75 Å². The van der Waals surface area contributed by atoms with Crippen LogP contribution in [-0.2, 0) is 17.9 Å². The van der Waals surface area contributed by atoms with Crippen molar-refractivity contribution >= 4 is 11.8 Å². The topological polar surface area (TPSA) is 52.4 Å². The predicted molar refractivity (Wildman–Crippen MR) is 83.1 cm³/mol. The molecule has 0 N–H and O–H groups in total. The number of rotatable bonds is 4. The van der Waals surface area contributed by atoms with E-state index in [1.54, 1.807) is 30.0 Å². The predicted octanol–water partition coefficient (Wildman–Crippen LogP) is 3.61. The molecule has 21 heavy (non-hydrogen) atoms. The molecule has 5 heteroatoms. The van der Waals surface area contributed by atoms with Crippen LogP contribution in [0.25, 0.3) is 0 Å². The Bertz CT molecular complexity index is 644. The van der Waals surface area contributed by atoms with Gasteiger partial charge in [-0.05, 0) is 30.0 Å². The second-order valence-corrected chi connectivity index (χ2v) is 5.92. The molecular formula is C16H15NO3S. The fraction of sp³-hybridized carbons (Fsp3) is 0.250. The Morgan fingerprint density at radius 1 is 1.24 bits per heavy atom. The van der Waals surface area contributed by atoms with Gasteiger partial charge in [0.2, 0.25) is 0 Å². The van der Waals surface area contributed by atoms with E-state index in [4.69, 9.17) is 4.74 Å². The number of ether oxygens (including phenoxy) is 1. The standard InChI is InChI=1S/C16H15NO3S/c1-21-11-12-6-8-14(9-7-12)16(17(18)19)10-13-4-2-3-5-15(13)20-16/h2-9H,10-11H2,1H3. The van der Waals surface area contributed by atoms with Gasteiger partial charge in [-0.25, -0.2) is 0 Å². The van der Waals surface area contributed by atoms with Gasteiger partial charge in [0.05, 0.1) is 16.9 Å². The number of nitrogens with zero attached hydrogens (tertiary/aromatic N) is 1. The molecule has 0 spiro atoms. The largest absolute Gasteiger partial charge is 0.424 e. The molecule has 0 saturated carbocycles. The molecule has 1 heterocycles. The number of benzene rings is 2. The first-order valence-electron chi connectivity index (χ1n) is 6.65. The molecule has 0 radical (unpaired) electrons. The van der Waals surface area contributed by atoms with Gasteiger partial charge in [0.15, 0.2) is 0 Å². The van der Waals surface area contributed by atoms with Crippen LogP contribution in [0.1, 0.15) is 16.7 Å². The van der Waals surface area contributed by atoms with Gasteiger partial charge in [0, 0.05) is 11.3 Å². The smallest absolute Gasteiger partial charge is 0.394 e. The molecule has 1 atom stereocenters. The van der Waals surface area contributed by atoms with E-state index < -0.39 is 5.72 Å². The summed E-state index contributed by atoms with van der Waals surface area (Å²) in [5, 5.41) is 11.7. The van der Waals surface area contributed by atoms with Crippen molar-refractivity contribution in [1.82, 2.24) is 0 Å². The average Bonchev–Trinajstić information content (AvgIpc) is 2.89. The number of hydrogen-bond donors (Lipinski definition) is 0. The third-order valence-corrected chi connectivity index (χ3v) is 4.31. The van der Waals surface area contributed by atoms with Crippen molar-refractivity contribution in [3.8, 4) is 5.75 Å². The lowest BCUT2D eigenvalue weighted by Crippen LogP contribution is -2.40. The Kier molecular flexibility index (Phi) is 3.59. The fourth-order valence-corrected chi connectivity index (χ4v) is 3.15. The molecule has 3 rings (SSSR count). The molecule has 2 aromatic rings. The second kappa shape index (κ2) is 5.41. The van der Waals surface area contributed by atoms with E-state index in [9.17, 15) is 10.1 Å². The van der Waals surface area contributed by atoms with Crippen LogP contribution in [0.4, 0.5) is 0 Å². The molecule has 4 nitrogen and oxygen atoms in total. The van der Waals surface area contributed by atoms with Gasteiger partial charge in [-0.1, -0.05) is 30.3 Å². The molecule has 0 amide bonds. The molecule has 0 aromatic heterocycles. The molecule has 2 aromatic carbocycles. The summed E-state index contributed by atoms with van der Waals surface area (Å²) in [7, 11) is 0. The molecular weight excluding hydrogens is 286 g/mol. The van der Waals surface area contributed by atoms with Crippen LogP contribution < -0.4 is 4.74 Å². The van der Waals surface area contributed by atoms with Crippen LogP contribution in [0.15, 0.2) is 48.5 Å². The highest BCUT2D eigenvalue weighted by atomic mass is 32.2. The number of para-hydroxylation sites is 1. The molecule has 0 aliphatic carbocycles. The van der Waals surface area contributed by atoms with Gasteiger partial charge >= 0.3 is 5.72 Å².